The van der Waals surface area contributed by atoms with Crippen molar-refractivity contribution in [3.8, 4) is 22.8 Å². The van der Waals surface area contributed by atoms with Crippen molar-refractivity contribution < 1.29 is 18.7 Å². The summed E-state index contributed by atoms with van der Waals surface area (Å²) in [5, 5.41) is 0. The van der Waals surface area contributed by atoms with Crippen molar-refractivity contribution >= 4 is 5.91 Å². The van der Waals surface area contributed by atoms with Gasteiger partial charge in [0.1, 0.15) is 11.5 Å². The third kappa shape index (κ3) is 5.29. The van der Waals surface area contributed by atoms with Crippen LogP contribution in [0.25, 0.3) is 11.3 Å². The van der Waals surface area contributed by atoms with E-state index in [1.54, 1.807) is 26.5 Å². The summed E-state index contributed by atoms with van der Waals surface area (Å²) in [6.07, 6.45) is 2.53. The predicted octanol–water partition coefficient (Wildman–Crippen LogP) is 3.64. The number of piperazine rings is 1. The second-order valence-corrected chi connectivity index (χ2v) is 7.83. The molecule has 7 nitrogen and oxygen atoms in total. The lowest BCUT2D eigenvalue weighted by molar-refractivity contribution is -0.133. The number of aryl methyl sites for hydroxylation is 1. The standard InChI is InChI=1S/C25H29N3O4/c1-30-20-8-9-21(22(16-20)31-2)23-17-26-24(32-23)10-11-25(29)28-14-12-27(13-15-28)18-19-6-4-3-5-7-19/h3-9,16-17H,10-15,18H2,1-2H3. The van der Waals surface area contributed by atoms with Crippen LogP contribution in [0.15, 0.2) is 59.1 Å². The Morgan fingerprint density at radius 2 is 1.81 bits per heavy atom. The van der Waals surface area contributed by atoms with Gasteiger partial charge >= 0.3 is 0 Å². The summed E-state index contributed by atoms with van der Waals surface area (Å²) in [4.78, 5) is 21.4. The van der Waals surface area contributed by atoms with Gasteiger partial charge in [0.15, 0.2) is 11.7 Å². The number of carbonyl (C=O) groups is 1. The summed E-state index contributed by atoms with van der Waals surface area (Å²) >= 11 is 0. The van der Waals surface area contributed by atoms with Gasteiger partial charge in [0.2, 0.25) is 5.91 Å². The lowest BCUT2D eigenvalue weighted by atomic mass is 10.1. The molecule has 2 heterocycles. The Balaban J connectivity index is 1.28. The quantitative estimate of drug-likeness (QED) is 0.538. The lowest BCUT2D eigenvalue weighted by Gasteiger charge is -2.34. The maximum absolute atomic E-state index is 12.7. The zero-order chi connectivity index (χ0) is 22.3. The van der Waals surface area contributed by atoms with Gasteiger partial charge in [-0.25, -0.2) is 4.98 Å². The molecule has 1 saturated heterocycles. The molecule has 0 unspecified atom stereocenters. The summed E-state index contributed by atoms with van der Waals surface area (Å²) in [5.74, 6) is 2.66. The van der Waals surface area contributed by atoms with Gasteiger partial charge in [-0.15, -0.1) is 0 Å². The van der Waals surface area contributed by atoms with E-state index in [-0.39, 0.29) is 5.91 Å². The molecule has 0 atom stereocenters. The van der Waals surface area contributed by atoms with Gasteiger partial charge in [-0.1, -0.05) is 30.3 Å². The second kappa shape index (κ2) is 10.3. The Bertz CT molecular complexity index is 1030. The highest BCUT2D eigenvalue weighted by Crippen LogP contribution is 2.33. The normalized spacial score (nSPS) is 14.4. The SMILES string of the molecule is COc1ccc(-c2cnc(CCC(=O)N3CCN(Cc4ccccc4)CC3)o2)c(OC)c1. The van der Waals surface area contributed by atoms with Crippen molar-refractivity contribution in [1.29, 1.82) is 0 Å². The molecule has 1 aliphatic heterocycles. The van der Waals surface area contributed by atoms with Gasteiger partial charge in [0, 0.05) is 51.6 Å². The second-order valence-electron chi connectivity index (χ2n) is 7.83. The molecule has 0 aliphatic carbocycles. The average molecular weight is 436 g/mol. The molecular weight excluding hydrogens is 406 g/mol. The molecule has 32 heavy (non-hydrogen) atoms. The number of hydrogen-bond donors (Lipinski definition) is 0. The molecule has 3 aromatic rings. The largest absolute Gasteiger partial charge is 0.497 e. The van der Waals surface area contributed by atoms with Gasteiger partial charge in [0.25, 0.3) is 0 Å². The molecule has 1 fully saturated rings. The van der Waals surface area contributed by atoms with E-state index >= 15 is 0 Å². The smallest absolute Gasteiger partial charge is 0.223 e. The number of carbonyl (C=O) groups excluding carboxylic acids is 1. The summed E-state index contributed by atoms with van der Waals surface area (Å²) < 4.78 is 16.6. The van der Waals surface area contributed by atoms with Crippen LogP contribution in [0.1, 0.15) is 17.9 Å². The predicted molar refractivity (Wildman–Crippen MR) is 122 cm³/mol. The summed E-state index contributed by atoms with van der Waals surface area (Å²) in [6.45, 7) is 4.22. The Morgan fingerprint density at radius 1 is 1.03 bits per heavy atom. The van der Waals surface area contributed by atoms with E-state index in [2.05, 4.69) is 34.1 Å². The first-order valence-electron chi connectivity index (χ1n) is 10.9. The monoisotopic (exact) mass is 435 g/mol. The first-order valence-corrected chi connectivity index (χ1v) is 10.9. The topological polar surface area (TPSA) is 68.0 Å². The Kier molecular flexibility index (Phi) is 7.07. The van der Waals surface area contributed by atoms with E-state index in [1.165, 1.54) is 5.56 Å². The van der Waals surface area contributed by atoms with Crippen LogP contribution >= 0.6 is 0 Å². The van der Waals surface area contributed by atoms with Crippen molar-refractivity contribution in [2.24, 2.45) is 0 Å². The number of nitrogens with zero attached hydrogens (tertiary/aromatic N) is 3. The van der Waals surface area contributed by atoms with Crippen LogP contribution in [0, 0.1) is 0 Å². The Hall–Kier alpha value is -3.32. The lowest BCUT2D eigenvalue weighted by Crippen LogP contribution is -2.48. The zero-order valence-corrected chi connectivity index (χ0v) is 18.6. The Labute approximate surface area is 188 Å². The maximum Gasteiger partial charge on any atom is 0.223 e. The molecule has 0 N–H and O–H groups in total. The average Bonchev–Trinajstić information content (AvgIpc) is 3.32. The van der Waals surface area contributed by atoms with Crippen LogP contribution in [-0.2, 0) is 17.8 Å². The van der Waals surface area contributed by atoms with Gasteiger partial charge in [-0.05, 0) is 17.7 Å². The highest BCUT2D eigenvalue weighted by atomic mass is 16.5. The fourth-order valence-corrected chi connectivity index (χ4v) is 3.92. The number of rotatable bonds is 8. The number of methoxy groups -OCH3 is 2. The van der Waals surface area contributed by atoms with Gasteiger partial charge in [-0.2, -0.15) is 0 Å². The van der Waals surface area contributed by atoms with E-state index in [9.17, 15) is 4.79 Å². The molecule has 1 amide bonds. The summed E-state index contributed by atoms with van der Waals surface area (Å²) in [5.41, 5.74) is 2.10. The van der Waals surface area contributed by atoms with E-state index < -0.39 is 0 Å². The minimum Gasteiger partial charge on any atom is -0.497 e. The maximum atomic E-state index is 12.7. The first-order chi connectivity index (χ1) is 15.7. The minimum absolute atomic E-state index is 0.145. The molecule has 7 heteroatoms. The number of ether oxygens (including phenoxy) is 2. The summed E-state index contributed by atoms with van der Waals surface area (Å²) in [6, 6.07) is 16.0. The first kappa shape index (κ1) is 21.9. The van der Waals surface area contributed by atoms with Crippen LogP contribution in [-0.4, -0.2) is 61.1 Å². The zero-order valence-electron chi connectivity index (χ0n) is 18.6. The van der Waals surface area contributed by atoms with Gasteiger partial charge in [0.05, 0.1) is 26.0 Å². The van der Waals surface area contributed by atoms with Gasteiger partial charge in [-0.3, -0.25) is 9.69 Å². The van der Waals surface area contributed by atoms with E-state index in [1.807, 2.05) is 23.1 Å². The van der Waals surface area contributed by atoms with Crippen molar-refractivity contribution in [3.63, 3.8) is 0 Å². The minimum atomic E-state index is 0.145. The van der Waals surface area contributed by atoms with Crippen LogP contribution < -0.4 is 9.47 Å². The fraction of sp³-hybridized carbons (Fsp3) is 0.360. The van der Waals surface area contributed by atoms with E-state index in [0.29, 0.717) is 36.0 Å². The van der Waals surface area contributed by atoms with Crippen LogP contribution in [0.2, 0.25) is 0 Å². The van der Waals surface area contributed by atoms with Crippen LogP contribution in [0.5, 0.6) is 11.5 Å². The Morgan fingerprint density at radius 3 is 2.53 bits per heavy atom. The molecule has 0 radical (unpaired) electrons. The summed E-state index contributed by atoms with van der Waals surface area (Å²) in [7, 11) is 3.22. The number of benzene rings is 2. The number of oxazole rings is 1. The molecule has 2 aromatic carbocycles. The number of amides is 1. The molecule has 168 valence electrons. The third-order valence-electron chi connectivity index (χ3n) is 5.75. The van der Waals surface area contributed by atoms with Gasteiger partial charge < -0.3 is 18.8 Å². The number of aromatic nitrogens is 1. The molecule has 0 bridgehead atoms. The third-order valence-corrected chi connectivity index (χ3v) is 5.75. The highest BCUT2D eigenvalue weighted by Gasteiger charge is 2.21. The molecule has 0 spiro atoms. The molecule has 1 aliphatic rings. The van der Waals surface area contributed by atoms with Crippen LogP contribution in [0.3, 0.4) is 0 Å². The van der Waals surface area contributed by atoms with Crippen molar-refractivity contribution in [2.75, 3.05) is 40.4 Å². The molecule has 1 aromatic heterocycles. The molecule has 0 saturated carbocycles. The van der Waals surface area contributed by atoms with E-state index in [0.717, 1.165) is 38.3 Å². The molecule has 4 rings (SSSR count). The fourth-order valence-electron chi connectivity index (χ4n) is 3.92. The number of hydrogen-bond acceptors (Lipinski definition) is 6. The van der Waals surface area contributed by atoms with Crippen LogP contribution in [0.4, 0.5) is 0 Å². The van der Waals surface area contributed by atoms with E-state index in [4.69, 9.17) is 13.9 Å². The van der Waals surface area contributed by atoms with Crippen molar-refractivity contribution in [3.05, 3.63) is 66.2 Å². The molecular formula is C25H29N3O4. The highest BCUT2D eigenvalue weighted by molar-refractivity contribution is 5.76. The van der Waals surface area contributed by atoms with Crippen molar-refractivity contribution in [1.82, 2.24) is 14.8 Å². The van der Waals surface area contributed by atoms with Crippen molar-refractivity contribution in [2.45, 2.75) is 19.4 Å².